The Bertz CT molecular complexity index is 847. The van der Waals surface area contributed by atoms with Gasteiger partial charge in [0.25, 0.3) is 0 Å². The molecule has 0 saturated heterocycles. The van der Waals surface area contributed by atoms with Crippen LogP contribution >= 0.6 is 55.1 Å². The minimum atomic E-state index is -0.152. The summed E-state index contributed by atoms with van der Waals surface area (Å²) >= 11 is 19.5. The first-order chi connectivity index (χ1) is 10.5. The van der Waals surface area contributed by atoms with Gasteiger partial charge in [-0.2, -0.15) is 0 Å². The Hall–Kier alpha value is -0.0705. The van der Waals surface area contributed by atoms with Gasteiger partial charge in [-0.05, 0) is 0 Å². The van der Waals surface area contributed by atoms with Crippen molar-refractivity contribution in [3.8, 4) is 15.8 Å². The second-order valence-electron chi connectivity index (χ2n) is 4.38. The molecule has 0 fully saturated rings. The van der Waals surface area contributed by atoms with E-state index in [0.29, 0.717) is 15.7 Å². The molecular weight excluding hydrogens is 522 g/mol. The first-order valence-electron chi connectivity index (χ1n) is 6.10. The standard InChI is InChI=1S/C14H8Br2Cl2N2OSe/c15-12-4-3-11(22-12)14-13(16)9(6-21)19-20(14)10-2-1-7(17)5-8(10)18/h1-5,21H,6H2. The van der Waals surface area contributed by atoms with E-state index in [-0.39, 0.29) is 21.1 Å². The fourth-order valence-electron chi connectivity index (χ4n) is 2.03. The maximum atomic E-state index is 9.51. The van der Waals surface area contributed by atoms with Gasteiger partial charge in [0.1, 0.15) is 0 Å². The van der Waals surface area contributed by atoms with Crippen LogP contribution in [-0.2, 0) is 6.61 Å². The molecule has 3 rings (SSSR count). The van der Waals surface area contributed by atoms with Crippen molar-refractivity contribution >= 4 is 69.6 Å². The molecule has 2 aromatic heterocycles. The van der Waals surface area contributed by atoms with Crippen LogP contribution < -0.4 is 0 Å². The van der Waals surface area contributed by atoms with E-state index in [0.717, 1.165) is 23.6 Å². The number of aliphatic hydroxyl groups excluding tert-OH is 1. The first-order valence-corrected chi connectivity index (χ1v) is 10.2. The topological polar surface area (TPSA) is 38.1 Å². The van der Waals surface area contributed by atoms with E-state index < -0.39 is 0 Å². The van der Waals surface area contributed by atoms with Gasteiger partial charge in [-0.1, -0.05) is 0 Å². The molecule has 2 heterocycles. The summed E-state index contributed by atoms with van der Waals surface area (Å²) < 4.78 is 4.83. The molecule has 0 bridgehead atoms. The Morgan fingerprint density at radius 3 is 2.55 bits per heavy atom. The van der Waals surface area contributed by atoms with E-state index >= 15 is 0 Å². The van der Waals surface area contributed by atoms with Crippen LogP contribution in [0, 0.1) is 0 Å². The van der Waals surface area contributed by atoms with Crippen LogP contribution in [0.15, 0.2) is 38.2 Å². The maximum absolute atomic E-state index is 9.51. The monoisotopic (exact) mass is 528 g/mol. The number of nitrogens with zero attached hydrogens (tertiary/aromatic N) is 2. The van der Waals surface area contributed by atoms with E-state index in [4.69, 9.17) is 23.2 Å². The molecule has 1 N–H and O–H groups in total. The van der Waals surface area contributed by atoms with E-state index in [9.17, 15) is 5.11 Å². The van der Waals surface area contributed by atoms with E-state index in [1.165, 1.54) is 0 Å². The van der Waals surface area contributed by atoms with Crippen LogP contribution in [0.1, 0.15) is 5.69 Å². The molecule has 22 heavy (non-hydrogen) atoms. The molecule has 0 radical (unpaired) electrons. The molecule has 3 nitrogen and oxygen atoms in total. The van der Waals surface area contributed by atoms with E-state index in [1.54, 1.807) is 16.8 Å². The fourth-order valence-corrected chi connectivity index (χ4v) is 6.05. The third-order valence-electron chi connectivity index (χ3n) is 2.99. The molecule has 0 unspecified atom stereocenters. The van der Waals surface area contributed by atoms with Gasteiger partial charge in [-0.25, -0.2) is 0 Å². The summed E-state index contributed by atoms with van der Waals surface area (Å²) in [6.07, 6.45) is 0. The van der Waals surface area contributed by atoms with Gasteiger partial charge in [0.05, 0.1) is 0 Å². The Balaban J connectivity index is 2.27. The zero-order valence-corrected chi connectivity index (χ0v) is 17.3. The predicted molar refractivity (Wildman–Crippen MR) is 97.3 cm³/mol. The van der Waals surface area contributed by atoms with E-state index in [1.807, 2.05) is 18.2 Å². The second kappa shape index (κ2) is 6.81. The molecule has 3 aromatic rings. The molecule has 0 atom stereocenters. The van der Waals surface area contributed by atoms with Crippen molar-refractivity contribution in [1.82, 2.24) is 9.78 Å². The van der Waals surface area contributed by atoms with E-state index in [2.05, 4.69) is 37.0 Å². The third-order valence-corrected chi connectivity index (χ3v) is 7.31. The van der Waals surface area contributed by atoms with Crippen LogP contribution in [0.4, 0.5) is 0 Å². The van der Waals surface area contributed by atoms with Crippen molar-refractivity contribution in [3.63, 3.8) is 0 Å². The summed E-state index contributed by atoms with van der Waals surface area (Å²) in [5, 5.41) is 15.1. The zero-order valence-electron chi connectivity index (χ0n) is 10.9. The van der Waals surface area contributed by atoms with Gasteiger partial charge in [-0.3, -0.25) is 0 Å². The number of halogens is 4. The summed E-state index contributed by atoms with van der Waals surface area (Å²) in [6.45, 7) is -0.152. The summed E-state index contributed by atoms with van der Waals surface area (Å²) in [5.41, 5.74) is 2.20. The van der Waals surface area contributed by atoms with Crippen LogP contribution in [0.5, 0.6) is 0 Å². The summed E-state index contributed by atoms with van der Waals surface area (Å²) in [6, 6.07) is 9.34. The van der Waals surface area contributed by atoms with Crippen molar-refractivity contribution in [1.29, 1.82) is 0 Å². The molecule has 8 heteroatoms. The number of rotatable bonds is 3. The molecule has 0 spiro atoms. The number of benzene rings is 1. The fraction of sp³-hybridized carbons (Fsp3) is 0.0714. The van der Waals surface area contributed by atoms with Crippen molar-refractivity contribution < 1.29 is 5.11 Å². The summed E-state index contributed by atoms with van der Waals surface area (Å²) in [5.74, 6) is 0. The number of aliphatic hydroxyl groups is 1. The average Bonchev–Trinajstić information content (AvgIpc) is 3.02. The second-order valence-corrected chi connectivity index (χ2v) is 10.3. The number of hydrogen-bond acceptors (Lipinski definition) is 2. The van der Waals surface area contributed by atoms with Gasteiger partial charge < -0.3 is 0 Å². The van der Waals surface area contributed by atoms with Crippen LogP contribution in [-0.4, -0.2) is 29.4 Å². The Morgan fingerprint density at radius 1 is 1.18 bits per heavy atom. The van der Waals surface area contributed by atoms with Gasteiger partial charge in [0.2, 0.25) is 0 Å². The molecule has 114 valence electrons. The molecular formula is C14H8Br2Cl2N2OSe. The van der Waals surface area contributed by atoms with Gasteiger partial charge in [-0.15, -0.1) is 0 Å². The van der Waals surface area contributed by atoms with Gasteiger partial charge >= 0.3 is 161 Å². The van der Waals surface area contributed by atoms with Crippen molar-refractivity contribution in [2.45, 2.75) is 6.61 Å². The molecule has 0 aliphatic heterocycles. The minimum absolute atomic E-state index is 0.152. The Labute approximate surface area is 159 Å². The molecule has 0 amide bonds. The molecule has 0 aliphatic rings. The van der Waals surface area contributed by atoms with Crippen molar-refractivity contribution in [2.75, 3.05) is 0 Å². The molecule has 0 aliphatic carbocycles. The van der Waals surface area contributed by atoms with Crippen molar-refractivity contribution in [3.05, 3.63) is 53.9 Å². The summed E-state index contributed by atoms with van der Waals surface area (Å²) in [7, 11) is 0. The van der Waals surface area contributed by atoms with Crippen LogP contribution in [0.25, 0.3) is 15.8 Å². The first kappa shape index (κ1) is 16.8. The Kier molecular flexibility index (Phi) is 5.20. The average molecular weight is 530 g/mol. The SMILES string of the molecule is OCc1nn(-c2ccc(Cl)cc2Cl)c(-c2ccc(Br)[se]2)c1Br. The van der Waals surface area contributed by atoms with Crippen molar-refractivity contribution in [2.24, 2.45) is 0 Å². The summed E-state index contributed by atoms with van der Waals surface area (Å²) in [4.78, 5) is 0. The zero-order chi connectivity index (χ0) is 15.9. The van der Waals surface area contributed by atoms with Crippen LogP contribution in [0.3, 0.4) is 0 Å². The normalized spacial score (nSPS) is 11.1. The number of hydrogen-bond donors (Lipinski definition) is 1. The molecule has 0 saturated carbocycles. The Morgan fingerprint density at radius 2 is 1.95 bits per heavy atom. The number of aromatic nitrogens is 2. The third kappa shape index (κ3) is 3.11. The quantitative estimate of drug-likeness (QED) is 0.489. The van der Waals surface area contributed by atoms with Gasteiger partial charge in [0.15, 0.2) is 0 Å². The van der Waals surface area contributed by atoms with Gasteiger partial charge in [0, 0.05) is 0 Å². The van der Waals surface area contributed by atoms with Crippen LogP contribution in [0.2, 0.25) is 10.0 Å². The predicted octanol–water partition coefficient (Wildman–Crippen LogP) is 4.92. The molecule has 1 aromatic carbocycles.